The van der Waals surface area contributed by atoms with E-state index in [1.165, 1.54) is 0 Å². The molecule has 0 spiro atoms. The zero-order valence-corrected chi connectivity index (χ0v) is 20.7. The Balaban J connectivity index is 1.32. The molecule has 7 heteroatoms. The van der Waals surface area contributed by atoms with Gasteiger partial charge in [0.25, 0.3) is 5.91 Å². The van der Waals surface area contributed by atoms with Gasteiger partial charge in [-0.05, 0) is 74.8 Å². The molecule has 2 N–H and O–H groups in total. The molecule has 36 heavy (non-hydrogen) atoms. The van der Waals surface area contributed by atoms with E-state index >= 15 is 0 Å². The molecule has 1 aromatic heterocycles. The third kappa shape index (κ3) is 5.42. The zero-order valence-electron chi connectivity index (χ0n) is 20.7. The van der Waals surface area contributed by atoms with Crippen LogP contribution in [0.2, 0.25) is 0 Å². The minimum Gasteiger partial charge on any atom is -0.490 e. The van der Waals surface area contributed by atoms with Crippen LogP contribution in [0.1, 0.15) is 31.4 Å². The minimum atomic E-state index is -0.673. The van der Waals surface area contributed by atoms with Crippen LogP contribution in [0.4, 0.5) is 5.69 Å². The van der Waals surface area contributed by atoms with Gasteiger partial charge < -0.3 is 19.7 Å². The van der Waals surface area contributed by atoms with Gasteiger partial charge >= 0.3 is 0 Å². The number of H-pyrrole nitrogens is 1. The van der Waals surface area contributed by atoms with Crippen molar-refractivity contribution in [2.24, 2.45) is 0 Å². The lowest BCUT2D eigenvalue weighted by atomic mass is 10.1. The smallest absolute Gasteiger partial charge is 0.258 e. The van der Waals surface area contributed by atoms with E-state index in [1.54, 1.807) is 0 Å². The first kappa shape index (κ1) is 24.0. The second-order valence-electron chi connectivity index (χ2n) is 9.21. The Labute approximate surface area is 211 Å². The summed E-state index contributed by atoms with van der Waals surface area (Å²) in [4.78, 5) is 15.4. The average molecular weight is 485 g/mol. The number of hydrogen-bond acceptors (Lipinski definition) is 5. The molecule has 1 unspecified atom stereocenters. The molecular weight excluding hydrogens is 452 g/mol. The third-order valence-electron chi connectivity index (χ3n) is 6.60. The fourth-order valence-corrected chi connectivity index (χ4v) is 4.62. The number of rotatable bonds is 8. The van der Waals surface area contributed by atoms with Crippen LogP contribution in [0.15, 0.2) is 72.8 Å². The number of nitrogens with zero attached hydrogens (tertiary/aromatic N) is 2. The second-order valence-corrected chi connectivity index (χ2v) is 9.21. The predicted octanol–water partition coefficient (Wildman–Crippen LogP) is 5.42. The van der Waals surface area contributed by atoms with Gasteiger partial charge in [-0.25, -0.2) is 0 Å². The Bertz CT molecular complexity index is 1300. The summed E-state index contributed by atoms with van der Waals surface area (Å²) in [5, 5.41) is 11.6. The topological polar surface area (TPSA) is 79.5 Å². The molecule has 3 aromatic carbocycles. The van der Waals surface area contributed by atoms with E-state index in [4.69, 9.17) is 9.47 Å². The van der Waals surface area contributed by atoms with Crippen molar-refractivity contribution >= 4 is 22.5 Å². The lowest BCUT2D eigenvalue weighted by Gasteiger charge is -2.29. The number of hydrogen-bond donors (Lipinski definition) is 2. The number of aromatic nitrogens is 2. The van der Waals surface area contributed by atoms with Gasteiger partial charge in [-0.15, -0.1) is 0 Å². The summed E-state index contributed by atoms with van der Waals surface area (Å²) >= 11 is 0. The molecule has 1 atom stereocenters. The van der Waals surface area contributed by atoms with Crippen molar-refractivity contribution in [2.45, 2.75) is 32.0 Å². The van der Waals surface area contributed by atoms with Crippen molar-refractivity contribution in [1.29, 1.82) is 0 Å². The van der Waals surface area contributed by atoms with Crippen LogP contribution in [0.3, 0.4) is 0 Å². The van der Waals surface area contributed by atoms with Gasteiger partial charge in [0.15, 0.2) is 6.10 Å². The van der Waals surface area contributed by atoms with Crippen LogP contribution in [-0.2, 0) is 9.53 Å². The maximum atomic E-state index is 13.1. The Morgan fingerprint density at radius 1 is 1.08 bits per heavy atom. The van der Waals surface area contributed by atoms with Crippen LogP contribution in [0.5, 0.6) is 5.75 Å². The highest BCUT2D eigenvalue weighted by atomic mass is 16.5. The molecule has 0 aliphatic carbocycles. The maximum Gasteiger partial charge on any atom is 0.258 e. The monoisotopic (exact) mass is 484 g/mol. The lowest BCUT2D eigenvalue weighted by molar-refractivity contribution is -0.127. The number of carbonyl (C=O) groups is 1. The van der Waals surface area contributed by atoms with E-state index in [0.717, 1.165) is 59.4 Å². The van der Waals surface area contributed by atoms with Crippen molar-refractivity contribution in [3.05, 3.63) is 78.4 Å². The van der Waals surface area contributed by atoms with Gasteiger partial charge in [-0.1, -0.05) is 30.3 Å². The standard InChI is InChI=1S/C29H32N4O3/c1-3-35-28(21-7-5-4-6-8-21)29(34)30-22-11-14-26-25(19-22)27(32-31-26)20-9-12-23(13-10-20)36-24-15-17-33(2)18-16-24/h4-14,19,24,28H,3,15-18H2,1-2H3,(H,30,34)(H,31,32). The van der Waals surface area contributed by atoms with Crippen LogP contribution < -0.4 is 10.1 Å². The summed E-state index contributed by atoms with van der Waals surface area (Å²) < 4.78 is 11.9. The summed E-state index contributed by atoms with van der Waals surface area (Å²) in [6.45, 7) is 4.46. The Kier molecular flexibility index (Phi) is 7.30. The zero-order chi connectivity index (χ0) is 24.9. The number of likely N-dealkylation sites (tertiary alicyclic amines) is 1. The third-order valence-corrected chi connectivity index (χ3v) is 6.60. The predicted molar refractivity (Wildman–Crippen MR) is 142 cm³/mol. The first-order chi connectivity index (χ1) is 17.6. The molecule has 1 aliphatic rings. The Hall–Kier alpha value is -3.68. The van der Waals surface area contributed by atoms with Gasteiger partial charge in [0.05, 0.1) is 11.2 Å². The van der Waals surface area contributed by atoms with Crippen LogP contribution in [0, 0.1) is 0 Å². The highest BCUT2D eigenvalue weighted by molar-refractivity contribution is 5.99. The summed E-state index contributed by atoms with van der Waals surface area (Å²) in [7, 11) is 2.15. The fourth-order valence-electron chi connectivity index (χ4n) is 4.62. The molecular formula is C29H32N4O3. The fraction of sp³-hybridized carbons (Fsp3) is 0.310. The summed E-state index contributed by atoms with van der Waals surface area (Å²) in [6.07, 6.45) is 1.68. The quantitative estimate of drug-likeness (QED) is 0.349. The van der Waals surface area contributed by atoms with Crippen molar-refractivity contribution in [3.8, 4) is 17.0 Å². The number of nitrogens with one attached hydrogen (secondary N) is 2. The first-order valence-electron chi connectivity index (χ1n) is 12.5. The molecule has 1 saturated heterocycles. The molecule has 0 radical (unpaired) electrons. The molecule has 1 fully saturated rings. The van der Waals surface area contributed by atoms with Crippen molar-refractivity contribution in [2.75, 3.05) is 32.1 Å². The van der Waals surface area contributed by atoms with Crippen molar-refractivity contribution in [3.63, 3.8) is 0 Å². The van der Waals surface area contributed by atoms with Gasteiger partial charge in [0.2, 0.25) is 0 Å². The average Bonchev–Trinajstić information content (AvgIpc) is 3.33. The highest BCUT2D eigenvalue weighted by Gasteiger charge is 2.22. The minimum absolute atomic E-state index is 0.206. The molecule has 1 aliphatic heterocycles. The molecule has 4 aromatic rings. The van der Waals surface area contributed by atoms with E-state index < -0.39 is 6.10 Å². The van der Waals surface area contributed by atoms with Crippen molar-refractivity contribution in [1.82, 2.24) is 15.1 Å². The number of piperidine rings is 1. The van der Waals surface area contributed by atoms with Gasteiger partial charge in [0.1, 0.15) is 11.9 Å². The van der Waals surface area contributed by atoms with E-state index in [9.17, 15) is 4.79 Å². The van der Waals surface area contributed by atoms with Crippen LogP contribution in [-0.4, -0.2) is 53.9 Å². The second kappa shape index (κ2) is 10.9. The SMILES string of the molecule is CCOC(C(=O)Nc1ccc2[nH]nc(-c3ccc(OC4CCN(C)CC4)cc3)c2c1)c1ccccc1. The number of carbonyl (C=O) groups excluding carboxylic acids is 1. The van der Waals surface area contributed by atoms with Crippen LogP contribution >= 0.6 is 0 Å². The van der Waals surface area contributed by atoms with Gasteiger partial charge in [-0.2, -0.15) is 5.10 Å². The molecule has 0 saturated carbocycles. The lowest BCUT2D eigenvalue weighted by Crippen LogP contribution is -2.35. The van der Waals surface area contributed by atoms with Gasteiger partial charge in [-0.3, -0.25) is 9.89 Å². The summed E-state index contributed by atoms with van der Waals surface area (Å²) in [5.74, 6) is 0.673. The number of amides is 1. The number of anilines is 1. The number of fused-ring (bicyclic) bond motifs is 1. The Morgan fingerprint density at radius 2 is 1.83 bits per heavy atom. The number of benzene rings is 3. The molecule has 186 valence electrons. The van der Waals surface area contributed by atoms with E-state index in [2.05, 4.69) is 27.5 Å². The van der Waals surface area contributed by atoms with E-state index in [-0.39, 0.29) is 12.0 Å². The summed E-state index contributed by atoms with van der Waals surface area (Å²) in [6, 6.07) is 23.4. The van der Waals surface area contributed by atoms with E-state index in [0.29, 0.717) is 12.3 Å². The maximum absolute atomic E-state index is 13.1. The largest absolute Gasteiger partial charge is 0.490 e. The first-order valence-corrected chi connectivity index (χ1v) is 12.5. The molecule has 0 bridgehead atoms. The Morgan fingerprint density at radius 3 is 2.56 bits per heavy atom. The number of ether oxygens (including phenoxy) is 2. The molecule has 1 amide bonds. The molecule has 2 heterocycles. The molecule has 5 rings (SSSR count). The van der Waals surface area contributed by atoms with Crippen molar-refractivity contribution < 1.29 is 14.3 Å². The van der Waals surface area contributed by atoms with E-state index in [1.807, 2.05) is 79.7 Å². The number of aromatic amines is 1. The van der Waals surface area contributed by atoms with Gasteiger partial charge in [0, 0.05) is 36.3 Å². The highest BCUT2D eigenvalue weighted by Crippen LogP contribution is 2.31. The summed E-state index contributed by atoms with van der Waals surface area (Å²) in [5.41, 5.74) is 4.23. The normalized spacial score (nSPS) is 15.6. The molecule has 7 nitrogen and oxygen atoms in total. The van der Waals surface area contributed by atoms with Crippen LogP contribution in [0.25, 0.3) is 22.2 Å².